The van der Waals surface area contributed by atoms with Gasteiger partial charge in [-0.2, -0.15) is 0 Å². The Labute approximate surface area is 175 Å². The molecule has 1 fully saturated rings. The van der Waals surface area contributed by atoms with Gasteiger partial charge < -0.3 is 23.7 Å². The minimum absolute atomic E-state index is 0.326. The van der Waals surface area contributed by atoms with Gasteiger partial charge in [-0.1, -0.05) is 44.2 Å². The fraction of sp³-hybridized carbons (Fsp3) is 0.391. The topological polar surface area (TPSA) is 80.3 Å². The molecule has 160 valence electrons. The summed E-state index contributed by atoms with van der Waals surface area (Å²) in [6.07, 6.45) is -0.452. The van der Waals surface area contributed by atoms with Crippen LogP contribution >= 0.6 is 0 Å². The van der Waals surface area contributed by atoms with Crippen LogP contribution in [0.25, 0.3) is 0 Å². The first kappa shape index (κ1) is 21.5. The Hall–Kier alpha value is -3.22. The maximum absolute atomic E-state index is 11.9. The quantitative estimate of drug-likeness (QED) is 0.479. The highest BCUT2D eigenvalue weighted by molar-refractivity contribution is 5.92. The molecule has 1 saturated heterocycles. The molecule has 0 atom stereocenters. The van der Waals surface area contributed by atoms with Gasteiger partial charge in [-0.15, -0.1) is 0 Å². The molecule has 0 unspecified atom stereocenters. The Morgan fingerprint density at radius 1 is 0.867 bits per heavy atom. The maximum atomic E-state index is 11.9. The van der Waals surface area contributed by atoms with E-state index in [-0.39, 0.29) is 0 Å². The van der Waals surface area contributed by atoms with Crippen LogP contribution in [-0.2, 0) is 38.5 Å². The smallest absolute Gasteiger partial charge is 0.320 e. The molecule has 7 heteroatoms. The second-order valence-corrected chi connectivity index (χ2v) is 6.74. The summed E-state index contributed by atoms with van der Waals surface area (Å²) in [7, 11) is 3.08. The van der Waals surface area contributed by atoms with Gasteiger partial charge in [0, 0.05) is 16.7 Å². The van der Waals surface area contributed by atoms with E-state index in [0.717, 1.165) is 16.7 Å². The standard InChI is InChI=1S/C23H26O7/c1-5-15-19(23-29-17(24)12-18(25)30-23)16(6-2)21(27-4)22(20(15)26-3)28-13-14-10-8-7-9-11-14/h7-11,23H,5-6,12-13H2,1-4H3. The summed E-state index contributed by atoms with van der Waals surface area (Å²) in [5.41, 5.74) is 3.05. The largest absolute Gasteiger partial charge is 0.492 e. The van der Waals surface area contributed by atoms with Gasteiger partial charge in [0.25, 0.3) is 6.29 Å². The zero-order chi connectivity index (χ0) is 21.7. The summed E-state index contributed by atoms with van der Waals surface area (Å²) < 4.78 is 28.3. The van der Waals surface area contributed by atoms with Crippen molar-refractivity contribution in [2.24, 2.45) is 0 Å². The van der Waals surface area contributed by atoms with Crippen molar-refractivity contribution in [1.29, 1.82) is 0 Å². The van der Waals surface area contributed by atoms with Crippen molar-refractivity contribution in [3.8, 4) is 17.2 Å². The van der Waals surface area contributed by atoms with Crippen molar-refractivity contribution in [3.63, 3.8) is 0 Å². The number of hydrogen-bond acceptors (Lipinski definition) is 7. The number of cyclic esters (lactones) is 2. The zero-order valence-electron chi connectivity index (χ0n) is 17.7. The number of carbonyl (C=O) groups excluding carboxylic acids is 2. The first-order valence-electron chi connectivity index (χ1n) is 9.89. The van der Waals surface area contributed by atoms with Crippen molar-refractivity contribution in [2.45, 2.75) is 46.0 Å². The monoisotopic (exact) mass is 414 g/mol. The summed E-state index contributed by atoms with van der Waals surface area (Å²) in [5, 5.41) is 0. The van der Waals surface area contributed by atoms with Gasteiger partial charge in [-0.05, 0) is 18.4 Å². The van der Waals surface area contributed by atoms with Crippen LogP contribution in [0.2, 0.25) is 0 Å². The van der Waals surface area contributed by atoms with Crippen molar-refractivity contribution in [1.82, 2.24) is 0 Å². The molecule has 30 heavy (non-hydrogen) atoms. The lowest BCUT2D eigenvalue weighted by molar-refractivity contribution is -0.205. The van der Waals surface area contributed by atoms with E-state index < -0.39 is 24.6 Å². The SMILES string of the molecule is CCc1c(OC)c(OCc2ccccc2)c(OC)c(CC)c1C1OC(=O)CC(=O)O1. The van der Waals surface area contributed by atoms with Gasteiger partial charge in [0.05, 0.1) is 14.2 Å². The van der Waals surface area contributed by atoms with Gasteiger partial charge in [-0.3, -0.25) is 9.59 Å². The van der Waals surface area contributed by atoms with Crippen molar-refractivity contribution in [2.75, 3.05) is 14.2 Å². The molecule has 2 aromatic carbocycles. The highest BCUT2D eigenvalue weighted by Gasteiger charge is 2.36. The van der Waals surface area contributed by atoms with Gasteiger partial charge in [0.15, 0.2) is 11.5 Å². The molecule has 3 rings (SSSR count). The van der Waals surface area contributed by atoms with Gasteiger partial charge >= 0.3 is 11.9 Å². The second-order valence-electron chi connectivity index (χ2n) is 6.74. The number of methoxy groups -OCH3 is 2. The minimum Gasteiger partial charge on any atom is -0.492 e. The van der Waals surface area contributed by atoms with Crippen LogP contribution in [-0.4, -0.2) is 26.2 Å². The summed E-state index contributed by atoms with van der Waals surface area (Å²) in [4.78, 5) is 23.8. The summed E-state index contributed by atoms with van der Waals surface area (Å²) in [6.45, 7) is 4.22. The van der Waals surface area contributed by atoms with Crippen LogP contribution in [0, 0.1) is 0 Å². The number of carbonyl (C=O) groups is 2. The predicted molar refractivity (Wildman–Crippen MR) is 109 cm³/mol. The van der Waals surface area contributed by atoms with Gasteiger partial charge in [-0.25, -0.2) is 0 Å². The van der Waals surface area contributed by atoms with Gasteiger partial charge in [0.1, 0.15) is 13.0 Å². The van der Waals surface area contributed by atoms with Crippen molar-refractivity contribution >= 4 is 11.9 Å². The number of esters is 2. The van der Waals surface area contributed by atoms with Crippen molar-refractivity contribution in [3.05, 3.63) is 52.6 Å². The Morgan fingerprint density at radius 2 is 1.40 bits per heavy atom. The zero-order valence-corrected chi connectivity index (χ0v) is 17.7. The molecule has 0 saturated carbocycles. The molecule has 0 N–H and O–H groups in total. The third-order valence-corrected chi connectivity index (χ3v) is 4.95. The fourth-order valence-electron chi connectivity index (χ4n) is 3.66. The predicted octanol–water partition coefficient (Wildman–Crippen LogP) is 3.90. The third kappa shape index (κ3) is 4.20. The molecule has 0 spiro atoms. The third-order valence-electron chi connectivity index (χ3n) is 4.95. The molecule has 0 aliphatic carbocycles. The molecule has 7 nitrogen and oxygen atoms in total. The average Bonchev–Trinajstić information content (AvgIpc) is 2.75. The van der Waals surface area contributed by atoms with E-state index in [0.29, 0.717) is 42.3 Å². The summed E-state index contributed by atoms with van der Waals surface area (Å²) >= 11 is 0. The van der Waals surface area contributed by atoms with E-state index >= 15 is 0 Å². The molecule has 0 bridgehead atoms. The van der Waals surface area contributed by atoms with E-state index in [2.05, 4.69) is 0 Å². The Balaban J connectivity index is 2.14. The lowest BCUT2D eigenvalue weighted by Crippen LogP contribution is -2.28. The van der Waals surface area contributed by atoms with Crippen LogP contribution in [0.4, 0.5) is 0 Å². The molecule has 2 aromatic rings. The molecular weight excluding hydrogens is 388 g/mol. The maximum Gasteiger partial charge on any atom is 0.320 e. The number of rotatable bonds is 8. The van der Waals surface area contributed by atoms with E-state index in [1.54, 1.807) is 0 Å². The van der Waals surface area contributed by atoms with Crippen LogP contribution in [0.15, 0.2) is 30.3 Å². The Bertz CT molecular complexity index is 872. The normalized spacial score (nSPS) is 14.1. The fourth-order valence-corrected chi connectivity index (χ4v) is 3.66. The van der Waals surface area contributed by atoms with Crippen LogP contribution in [0.1, 0.15) is 48.8 Å². The van der Waals surface area contributed by atoms with E-state index in [1.165, 1.54) is 14.2 Å². The van der Waals surface area contributed by atoms with E-state index in [1.807, 2.05) is 44.2 Å². The molecule has 0 radical (unpaired) electrons. The first-order chi connectivity index (χ1) is 14.5. The number of ether oxygens (including phenoxy) is 5. The second kappa shape index (κ2) is 9.52. The lowest BCUT2D eigenvalue weighted by Gasteiger charge is -2.29. The highest BCUT2D eigenvalue weighted by Crippen LogP contribution is 2.49. The van der Waals surface area contributed by atoms with Crippen LogP contribution < -0.4 is 14.2 Å². The number of benzene rings is 2. The van der Waals surface area contributed by atoms with Crippen LogP contribution in [0.5, 0.6) is 17.2 Å². The Kier molecular flexibility index (Phi) is 6.82. The molecule has 1 aliphatic heterocycles. The average molecular weight is 414 g/mol. The number of hydrogen-bond donors (Lipinski definition) is 0. The highest BCUT2D eigenvalue weighted by atomic mass is 16.7. The molecule has 1 aliphatic rings. The first-order valence-corrected chi connectivity index (χ1v) is 9.89. The minimum atomic E-state index is -1.14. The summed E-state index contributed by atoms with van der Waals surface area (Å²) in [6, 6.07) is 9.76. The lowest BCUT2D eigenvalue weighted by atomic mass is 9.93. The summed E-state index contributed by atoms with van der Waals surface area (Å²) in [5.74, 6) is 0.158. The molecule has 0 amide bonds. The van der Waals surface area contributed by atoms with Crippen molar-refractivity contribution < 1.29 is 33.3 Å². The van der Waals surface area contributed by atoms with E-state index in [4.69, 9.17) is 23.7 Å². The van der Waals surface area contributed by atoms with E-state index in [9.17, 15) is 9.59 Å². The van der Waals surface area contributed by atoms with Crippen LogP contribution in [0.3, 0.4) is 0 Å². The Morgan fingerprint density at radius 3 is 1.87 bits per heavy atom. The molecule has 0 aromatic heterocycles. The van der Waals surface area contributed by atoms with Gasteiger partial charge in [0.2, 0.25) is 5.75 Å². The molecule has 1 heterocycles. The molecular formula is C23H26O7.